The van der Waals surface area contributed by atoms with Crippen LogP contribution in [0.5, 0.6) is 11.5 Å². The first-order valence-electron chi connectivity index (χ1n) is 5.84. The maximum atomic E-state index is 11.9. The van der Waals surface area contributed by atoms with E-state index in [0.29, 0.717) is 36.9 Å². The van der Waals surface area contributed by atoms with Gasteiger partial charge in [0.1, 0.15) is 6.04 Å². The fraction of sp³-hybridized carbons (Fsp3) is 0.417. The van der Waals surface area contributed by atoms with Crippen LogP contribution in [-0.2, 0) is 9.53 Å². The highest BCUT2D eigenvalue weighted by molar-refractivity contribution is 5.95. The molecule has 0 saturated carbocycles. The summed E-state index contributed by atoms with van der Waals surface area (Å²) in [6.07, 6.45) is 0. The molecule has 1 aromatic carbocycles. The molecule has 0 aliphatic carbocycles. The lowest BCUT2D eigenvalue weighted by molar-refractivity contribution is -0.120. The minimum atomic E-state index is -0.302. The number of ether oxygens (including phenoxy) is 3. The van der Waals surface area contributed by atoms with Crippen LogP contribution in [0.1, 0.15) is 0 Å². The Hall–Kier alpha value is -1.50. The monoisotopic (exact) mass is 286 g/mol. The van der Waals surface area contributed by atoms with Gasteiger partial charge in [0.15, 0.2) is 11.5 Å². The van der Waals surface area contributed by atoms with Gasteiger partial charge >= 0.3 is 0 Å². The Morgan fingerprint density at radius 2 is 2.16 bits per heavy atom. The van der Waals surface area contributed by atoms with Gasteiger partial charge < -0.3 is 24.8 Å². The smallest absolute Gasteiger partial charge is 0.243 e. The number of anilines is 1. The number of hydrogen-bond donors (Lipinski definition) is 2. The molecule has 0 aromatic heterocycles. The van der Waals surface area contributed by atoms with Crippen LogP contribution in [-0.4, -0.2) is 38.5 Å². The minimum Gasteiger partial charge on any atom is -0.454 e. The zero-order chi connectivity index (χ0) is 12.4. The Kier molecular flexibility index (Phi) is 4.47. The van der Waals surface area contributed by atoms with Crippen LogP contribution in [0.25, 0.3) is 0 Å². The summed E-state index contributed by atoms with van der Waals surface area (Å²) in [7, 11) is 0. The van der Waals surface area contributed by atoms with E-state index in [4.69, 9.17) is 14.2 Å². The lowest BCUT2D eigenvalue weighted by Crippen LogP contribution is -2.48. The summed E-state index contributed by atoms with van der Waals surface area (Å²) in [6, 6.07) is 5.02. The second kappa shape index (κ2) is 6.10. The zero-order valence-electron chi connectivity index (χ0n) is 10.2. The predicted octanol–water partition coefficient (Wildman–Crippen LogP) is 0.764. The van der Waals surface area contributed by atoms with E-state index in [2.05, 4.69) is 10.6 Å². The van der Waals surface area contributed by atoms with Crippen LogP contribution in [0.15, 0.2) is 18.2 Å². The Bertz CT molecular complexity index is 463. The molecule has 2 N–H and O–H groups in total. The van der Waals surface area contributed by atoms with Gasteiger partial charge in [-0.05, 0) is 12.1 Å². The second-order valence-electron chi connectivity index (χ2n) is 4.14. The maximum absolute atomic E-state index is 11.9. The number of benzene rings is 1. The van der Waals surface area contributed by atoms with Crippen molar-refractivity contribution in [3.63, 3.8) is 0 Å². The SMILES string of the molecule is Cl.O=C(Nc1ccc2c(c1)OCO2)C1COCCN1. The van der Waals surface area contributed by atoms with Crippen molar-refractivity contribution < 1.29 is 19.0 Å². The molecule has 1 fully saturated rings. The zero-order valence-corrected chi connectivity index (χ0v) is 11.0. The van der Waals surface area contributed by atoms with E-state index in [0.717, 1.165) is 0 Å². The standard InChI is InChI=1S/C12H14N2O4.ClH/c15-12(9-6-16-4-3-13-9)14-8-1-2-10-11(5-8)18-7-17-10;/h1-2,5,9,13H,3-4,6-7H2,(H,14,15);1H. The van der Waals surface area contributed by atoms with E-state index in [-0.39, 0.29) is 31.1 Å². The molecular formula is C12H15ClN2O4. The number of fused-ring (bicyclic) bond motifs is 1. The highest BCUT2D eigenvalue weighted by atomic mass is 35.5. The molecule has 1 unspecified atom stereocenters. The molecule has 2 aliphatic heterocycles. The third kappa shape index (κ3) is 3.09. The number of amides is 1. The van der Waals surface area contributed by atoms with E-state index in [1.165, 1.54) is 0 Å². The van der Waals surface area contributed by atoms with Crippen molar-refractivity contribution in [3.8, 4) is 11.5 Å². The molecule has 0 spiro atoms. The van der Waals surface area contributed by atoms with Crippen LogP contribution in [0.2, 0.25) is 0 Å². The molecule has 6 nitrogen and oxygen atoms in total. The van der Waals surface area contributed by atoms with Gasteiger partial charge in [-0.2, -0.15) is 0 Å². The molecule has 0 radical (unpaired) electrons. The van der Waals surface area contributed by atoms with E-state index < -0.39 is 0 Å². The van der Waals surface area contributed by atoms with Gasteiger partial charge in [-0.1, -0.05) is 0 Å². The third-order valence-corrected chi connectivity index (χ3v) is 2.88. The topological polar surface area (TPSA) is 68.8 Å². The van der Waals surface area contributed by atoms with E-state index in [1.54, 1.807) is 18.2 Å². The van der Waals surface area contributed by atoms with Crippen LogP contribution < -0.4 is 20.1 Å². The lowest BCUT2D eigenvalue weighted by Gasteiger charge is -2.22. The Morgan fingerprint density at radius 3 is 2.95 bits per heavy atom. The fourth-order valence-corrected chi connectivity index (χ4v) is 1.94. The average molecular weight is 287 g/mol. The van der Waals surface area contributed by atoms with E-state index >= 15 is 0 Å². The molecule has 3 rings (SSSR count). The van der Waals surface area contributed by atoms with Gasteiger partial charge in [-0.25, -0.2) is 0 Å². The van der Waals surface area contributed by atoms with Gasteiger partial charge in [0.25, 0.3) is 0 Å². The highest BCUT2D eigenvalue weighted by Gasteiger charge is 2.22. The number of carbonyl (C=O) groups is 1. The summed E-state index contributed by atoms with van der Waals surface area (Å²) in [5.41, 5.74) is 0.691. The molecule has 1 atom stereocenters. The molecule has 19 heavy (non-hydrogen) atoms. The third-order valence-electron chi connectivity index (χ3n) is 2.88. The number of carbonyl (C=O) groups excluding carboxylic acids is 1. The van der Waals surface area contributed by atoms with Crippen molar-refractivity contribution in [3.05, 3.63) is 18.2 Å². The van der Waals surface area contributed by atoms with Crippen molar-refractivity contribution in [2.75, 3.05) is 31.9 Å². The van der Waals surface area contributed by atoms with Gasteiger partial charge in [0.05, 0.1) is 13.2 Å². The van der Waals surface area contributed by atoms with E-state index in [9.17, 15) is 4.79 Å². The molecule has 2 aliphatic rings. The lowest BCUT2D eigenvalue weighted by atomic mass is 10.2. The van der Waals surface area contributed by atoms with Crippen LogP contribution >= 0.6 is 12.4 Å². The van der Waals surface area contributed by atoms with Crippen LogP contribution in [0.3, 0.4) is 0 Å². The molecular weight excluding hydrogens is 272 g/mol. The summed E-state index contributed by atoms with van der Waals surface area (Å²) in [4.78, 5) is 11.9. The molecule has 0 bridgehead atoms. The van der Waals surface area contributed by atoms with Gasteiger partial charge in [0.2, 0.25) is 12.7 Å². The summed E-state index contributed by atoms with van der Waals surface area (Å²) < 4.78 is 15.7. The second-order valence-corrected chi connectivity index (χ2v) is 4.14. The van der Waals surface area contributed by atoms with Crippen LogP contribution in [0, 0.1) is 0 Å². The summed E-state index contributed by atoms with van der Waals surface area (Å²) in [5.74, 6) is 1.25. The van der Waals surface area contributed by atoms with Crippen molar-refractivity contribution in [1.82, 2.24) is 5.32 Å². The predicted molar refractivity (Wildman–Crippen MR) is 71.1 cm³/mol. The Labute approximate surface area is 116 Å². The fourth-order valence-electron chi connectivity index (χ4n) is 1.94. The van der Waals surface area contributed by atoms with Crippen molar-refractivity contribution in [2.45, 2.75) is 6.04 Å². The minimum absolute atomic E-state index is 0. The molecule has 104 valence electrons. The van der Waals surface area contributed by atoms with Gasteiger partial charge in [0, 0.05) is 18.3 Å². The normalized spacial score (nSPS) is 20.5. The average Bonchev–Trinajstić information content (AvgIpc) is 2.87. The summed E-state index contributed by atoms with van der Waals surface area (Å²) >= 11 is 0. The molecule has 1 aromatic rings. The van der Waals surface area contributed by atoms with Crippen molar-refractivity contribution in [2.24, 2.45) is 0 Å². The van der Waals surface area contributed by atoms with Gasteiger partial charge in [-0.15, -0.1) is 12.4 Å². The number of hydrogen-bond acceptors (Lipinski definition) is 5. The van der Waals surface area contributed by atoms with Crippen LogP contribution in [0.4, 0.5) is 5.69 Å². The molecule has 7 heteroatoms. The first-order chi connectivity index (χ1) is 8.83. The van der Waals surface area contributed by atoms with E-state index in [1.807, 2.05) is 0 Å². The largest absolute Gasteiger partial charge is 0.454 e. The van der Waals surface area contributed by atoms with Gasteiger partial charge in [-0.3, -0.25) is 4.79 Å². The Balaban J connectivity index is 0.00000133. The number of morpholine rings is 1. The summed E-state index contributed by atoms with van der Waals surface area (Å²) in [5, 5.41) is 5.92. The molecule has 1 saturated heterocycles. The maximum Gasteiger partial charge on any atom is 0.243 e. The highest BCUT2D eigenvalue weighted by Crippen LogP contribution is 2.34. The molecule has 1 amide bonds. The number of rotatable bonds is 2. The Morgan fingerprint density at radius 1 is 1.32 bits per heavy atom. The summed E-state index contributed by atoms with van der Waals surface area (Å²) in [6.45, 7) is 1.97. The number of nitrogens with one attached hydrogen (secondary N) is 2. The first kappa shape index (κ1) is 13.9. The number of halogens is 1. The van der Waals surface area contributed by atoms with Crippen molar-refractivity contribution in [1.29, 1.82) is 0 Å². The first-order valence-corrected chi connectivity index (χ1v) is 5.84. The molecule has 2 heterocycles. The van der Waals surface area contributed by atoms with Crippen molar-refractivity contribution >= 4 is 24.0 Å². The quantitative estimate of drug-likeness (QED) is 0.840.